The van der Waals surface area contributed by atoms with Crippen LogP contribution in [0.3, 0.4) is 0 Å². The molecule has 0 bridgehead atoms. The van der Waals surface area contributed by atoms with Crippen LogP contribution in [0.5, 0.6) is 0 Å². The molecule has 1 aromatic carbocycles. The van der Waals surface area contributed by atoms with Gasteiger partial charge in [0.15, 0.2) is 5.79 Å². The number of anilines is 2. The number of carbonyl (C=O) groups excluding carboxylic acids is 2. The zero-order valence-electron chi connectivity index (χ0n) is 16.8. The van der Waals surface area contributed by atoms with E-state index in [2.05, 4.69) is 5.32 Å². The van der Waals surface area contributed by atoms with Gasteiger partial charge in [-0.2, -0.15) is 0 Å². The van der Waals surface area contributed by atoms with Gasteiger partial charge in [0, 0.05) is 32.9 Å². The number of carbonyl (C=O) groups is 2. The lowest BCUT2D eigenvalue weighted by atomic mass is 10.0. The van der Waals surface area contributed by atoms with Gasteiger partial charge >= 0.3 is 6.09 Å². The number of ether oxygens (including phenoxy) is 3. The number of hydrogen-bond donors (Lipinski definition) is 2. The minimum Gasteiger partial charge on any atom is -0.442 e. The molecule has 1 spiro atoms. The van der Waals surface area contributed by atoms with Crippen molar-refractivity contribution in [1.29, 1.82) is 0 Å². The first-order chi connectivity index (χ1) is 14.4. The monoisotopic (exact) mass is 423 g/mol. The quantitative estimate of drug-likeness (QED) is 0.729. The summed E-state index contributed by atoms with van der Waals surface area (Å²) in [5.74, 6) is -1.32. The molecule has 0 radical (unpaired) electrons. The van der Waals surface area contributed by atoms with Gasteiger partial charge in [-0.1, -0.05) is 0 Å². The molecule has 3 aliphatic rings. The zero-order valence-corrected chi connectivity index (χ0v) is 16.8. The number of cyclic esters (lactones) is 1. The zero-order chi connectivity index (χ0) is 21.3. The van der Waals surface area contributed by atoms with Crippen molar-refractivity contribution < 1.29 is 33.3 Å². The molecule has 3 saturated heterocycles. The Morgan fingerprint density at radius 2 is 2.10 bits per heavy atom. The van der Waals surface area contributed by atoms with Gasteiger partial charge in [-0.15, -0.1) is 0 Å². The van der Waals surface area contributed by atoms with Crippen LogP contribution in [0.4, 0.5) is 20.6 Å². The van der Waals surface area contributed by atoms with E-state index in [1.807, 2.05) is 4.90 Å². The molecule has 0 aliphatic carbocycles. The molecule has 0 saturated carbocycles. The molecule has 2 atom stereocenters. The second kappa shape index (κ2) is 8.37. The number of hydrogen-bond acceptors (Lipinski definition) is 7. The SMILES string of the molecule is CC(=O)NC[C@H]1CN(c2ccc(N3CCC4(CC3)OCC(CO)O4)c(F)c2)C(=O)O1. The summed E-state index contributed by atoms with van der Waals surface area (Å²) in [6, 6.07) is 4.67. The highest BCUT2D eigenvalue weighted by Gasteiger charge is 2.44. The molecule has 1 aromatic rings. The largest absolute Gasteiger partial charge is 0.442 e. The molecule has 164 valence electrons. The topological polar surface area (TPSA) is 101 Å². The lowest BCUT2D eigenvalue weighted by molar-refractivity contribution is -0.183. The predicted octanol–water partition coefficient (Wildman–Crippen LogP) is 0.991. The standard InChI is InChI=1S/C20H26FN3O6/c1-13(26)22-9-15-10-24(19(27)29-15)14-2-3-18(17(21)8-14)23-6-4-20(5-7-23)28-12-16(11-25)30-20/h2-3,8,15-16,25H,4-7,9-12H2,1H3,(H,22,26)/t15-,16?/m0/s1. The lowest BCUT2D eigenvalue weighted by Crippen LogP contribution is -2.46. The molecule has 10 heteroatoms. The minimum atomic E-state index is -0.692. The lowest BCUT2D eigenvalue weighted by Gasteiger charge is -2.39. The molecule has 3 heterocycles. The van der Waals surface area contributed by atoms with Crippen molar-refractivity contribution in [2.75, 3.05) is 49.2 Å². The normalized spacial score (nSPS) is 25.6. The maximum absolute atomic E-state index is 14.9. The van der Waals surface area contributed by atoms with E-state index in [0.29, 0.717) is 43.9 Å². The van der Waals surface area contributed by atoms with E-state index in [0.717, 1.165) is 0 Å². The van der Waals surface area contributed by atoms with Crippen LogP contribution in [0, 0.1) is 5.82 Å². The Morgan fingerprint density at radius 3 is 2.73 bits per heavy atom. The van der Waals surface area contributed by atoms with Gasteiger partial charge in [-0.05, 0) is 18.2 Å². The molecular weight excluding hydrogens is 397 g/mol. The van der Waals surface area contributed by atoms with Gasteiger partial charge in [-0.3, -0.25) is 9.69 Å². The van der Waals surface area contributed by atoms with Gasteiger partial charge in [-0.25, -0.2) is 9.18 Å². The second-order valence-corrected chi connectivity index (χ2v) is 7.82. The third-order valence-corrected chi connectivity index (χ3v) is 5.68. The van der Waals surface area contributed by atoms with E-state index in [4.69, 9.17) is 14.2 Å². The fourth-order valence-electron chi connectivity index (χ4n) is 4.07. The molecule has 3 aliphatic heterocycles. The molecule has 4 rings (SSSR count). The van der Waals surface area contributed by atoms with Crippen LogP contribution in [0.15, 0.2) is 18.2 Å². The highest BCUT2D eigenvalue weighted by atomic mass is 19.1. The minimum absolute atomic E-state index is 0.0772. The summed E-state index contributed by atoms with van der Waals surface area (Å²) < 4.78 is 31.7. The number of piperidine rings is 1. The van der Waals surface area contributed by atoms with Crippen LogP contribution in [0.1, 0.15) is 19.8 Å². The first-order valence-corrected chi connectivity index (χ1v) is 10.1. The van der Waals surface area contributed by atoms with E-state index < -0.39 is 23.8 Å². The van der Waals surface area contributed by atoms with E-state index in [9.17, 15) is 19.1 Å². The Hall–Kier alpha value is -2.43. The number of nitrogens with zero attached hydrogens (tertiary/aromatic N) is 2. The van der Waals surface area contributed by atoms with Crippen molar-refractivity contribution in [2.45, 2.75) is 37.8 Å². The number of halogens is 1. The van der Waals surface area contributed by atoms with Gasteiger partial charge in [0.25, 0.3) is 0 Å². The van der Waals surface area contributed by atoms with Crippen molar-refractivity contribution in [3.05, 3.63) is 24.0 Å². The molecule has 9 nitrogen and oxygen atoms in total. The molecule has 2 amide bonds. The van der Waals surface area contributed by atoms with Gasteiger partial charge < -0.3 is 29.5 Å². The van der Waals surface area contributed by atoms with Crippen LogP contribution in [-0.2, 0) is 19.0 Å². The summed E-state index contributed by atoms with van der Waals surface area (Å²) in [5, 5.41) is 11.8. The van der Waals surface area contributed by atoms with Crippen molar-refractivity contribution in [2.24, 2.45) is 0 Å². The molecule has 2 N–H and O–H groups in total. The summed E-state index contributed by atoms with van der Waals surface area (Å²) in [4.78, 5) is 26.5. The number of nitrogens with one attached hydrogen (secondary N) is 1. The van der Waals surface area contributed by atoms with E-state index in [1.165, 1.54) is 17.9 Å². The maximum Gasteiger partial charge on any atom is 0.414 e. The summed E-state index contributed by atoms with van der Waals surface area (Å²) in [7, 11) is 0. The highest BCUT2D eigenvalue weighted by Crippen LogP contribution is 2.36. The van der Waals surface area contributed by atoms with Crippen molar-refractivity contribution in [1.82, 2.24) is 5.32 Å². The number of aliphatic hydroxyl groups is 1. The Labute approximate surface area is 173 Å². The van der Waals surface area contributed by atoms with Crippen molar-refractivity contribution in [3.63, 3.8) is 0 Å². The predicted molar refractivity (Wildman–Crippen MR) is 105 cm³/mol. The summed E-state index contributed by atoms with van der Waals surface area (Å²) >= 11 is 0. The van der Waals surface area contributed by atoms with Gasteiger partial charge in [0.05, 0.1) is 37.7 Å². The van der Waals surface area contributed by atoms with E-state index in [1.54, 1.807) is 12.1 Å². The Morgan fingerprint density at radius 1 is 1.33 bits per heavy atom. The number of amides is 2. The van der Waals surface area contributed by atoms with Crippen molar-refractivity contribution >= 4 is 23.4 Å². The van der Waals surface area contributed by atoms with Gasteiger partial charge in [0.2, 0.25) is 5.91 Å². The van der Waals surface area contributed by atoms with E-state index >= 15 is 0 Å². The maximum atomic E-state index is 14.9. The first kappa shape index (κ1) is 20.8. The average molecular weight is 423 g/mol. The molecule has 1 unspecified atom stereocenters. The van der Waals surface area contributed by atoms with Crippen LogP contribution in [-0.4, -0.2) is 74.5 Å². The summed E-state index contributed by atoms with van der Waals surface area (Å²) in [5.41, 5.74) is 0.862. The molecular formula is C20H26FN3O6. The third kappa shape index (κ3) is 4.21. The average Bonchev–Trinajstić information content (AvgIpc) is 3.30. The Kier molecular flexibility index (Phi) is 5.81. The van der Waals surface area contributed by atoms with Crippen LogP contribution < -0.4 is 15.1 Å². The number of benzene rings is 1. The molecule has 0 aromatic heterocycles. The number of aliphatic hydroxyl groups excluding tert-OH is 1. The van der Waals surface area contributed by atoms with Crippen LogP contribution in [0.25, 0.3) is 0 Å². The van der Waals surface area contributed by atoms with Crippen molar-refractivity contribution in [3.8, 4) is 0 Å². The Balaban J connectivity index is 1.38. The fraction of sp³-hybridized carbons (Fsp3) is 0.600. The Bertz CT molecular complexity index is 814. The van der Waals surface area contributed by atoms with E-state index in [-0.39, 0.29) is 31.7 Å². The van der Waals surface area contributed by atoms with Crippen LogP contribution >= 0.6 is 0 Å². The molecule has 3 fully saturated rings. The molecule has 30 heavy (non-hydrogen) atoms. The van der Waals surface area contributed by atoms with Gasteiger partial charge in [0.1, 0.15) is 18.0 Å². The first-order valence-electron chi connectivity index (χ1n) is 10.1. The fourth-order valence-corrected chi connectivity index (χ4v) is 4.07. The third-order valence-electron chi connectivity index (χ3n) is 5.68. The van der Waals surface area contributed by atoms with Crippen LogP contribution in [0.2, 0.25) is 0 Å². The summed E-state index contributed by atoms with van der Waals surface area (Å²) in [6.07, 6.45) is -0.188. The smallest absolute Gasteiger partial charge is 0.414 e. The second-order valence-electron chi connectivity index (χ2n) is 7.82. The number of rotatable bonds is 5. The summed E-state index contributed by atoms with van der Waals surface area (Å²) in [6.45, 7) is 3.25. The highest BCUT2D eigenvalue weighted by molar-refractivity contribution is 5.90.